The maximum Gasteiger partial charge on any atom is 0.280 e. The highest BCUT2D eigenvalue weighted by atomic mass is 16.5. The molecule has 0 saturated carbocycles. The van der Waals surface area contributed by atoms with E-state index >= 15 is 0 Å². The Morgan fingerprint density at radius 2 is 1.79 bits per heavy atom. The Labute approximate surface area is 169 Å². The van der Waals surface area contributed by atoms with E-state index < -0.39 is 0 Å². The molecular formula is C22H23N5O2. The van der Waals surface area contributed by atoms with Gasteiger partial charge in [0.15, 0.2) is 5.69 Å². The summed E-state index contributed by atoms with van der Waals surface area (Å²) in [6.07, 6.45) is 5.61. The Bertz CT molecular complexity index is 1080. The Kier molecular flexibility index (Phi) is 4.39. The summed E-state index contributed by atoms with van der Waals surface area (Å²) < 4.78 is 7.03. The fraction of sp³-hybridized carbons (Fsp3) is 0.364. The summed E-state index contributed by atoms with van der Waals surface area (Å²) in [5.41, 5.74) is 2.31. The second kappa shape index (κ2) is 7.08. The number of likely N-dealkylation sites (tertiary alicyclic amines) is 1. The molecule has 0 aliphatic carbocycles. The lowest BCUT2D eigenvalue weighted by Gasteiger charge is -2.23. The third-order valence-electron chi connectivity index (χ3n) is 6.19. The smallest absolute Gasteiger partial charge is 0.280 e. The molecule has 148 valence electrons. The number of ether oxygens (including phenoxy) is 1. The zero-order valence-corrected chi connectivity index (χ0v) is 16.4. The van der Waals surface area contributed by atoms with Crippen LogP contribution in [0.5, 0.6) is 5.75 Å². The number of pyridine rings is 1. The maximum atomic E-state index is 13.1. The Morgan fingerprint density at radius 3 is 2.55 bits per heavy atom. The van der Waals surface area contributed by atoms with Crippen molar-refractivity contribution in [1.29, 1.82) is 0 Å². The first kappa shape index (κ1) is 18.0. The van der Waals surface area contributed by atoms with Crippen molar-refractivity contribution >= 4 is 0 Å². The van der Waals surface area contributed by atoms with Crippen LogP contribution in [-0.2, 0) is 18.5 Å². The van der Waals surface area contributed by atoms with Crippen LogP contribution in [0.3, 0.4) is 0 Å². The fourth-order valence-corrected chi connectivity index (χ4v) is 4.61. The number of hydrogen-bond donors (Lipinski definition) is 0. The van der Waals surface area contributed by atoms with Gasteiger partial charge >= 0.3 is 0 Å². The van der Waals surface area contributed by atoms with Gasteiger partial charge in [0.2, 0.25) is 0 Å². The van der Waals surface area contributed by atoms with E-state index in [2.05, 4.69) is 32.2 Å². The molecule has 29 heavy (non-hydrogen) atoms. The summed E-state index contributed by atoms with van der Waals surface area (Å²) in [5, 5.41) is 8.91. The number of nitrogens with zero attached hydrogens (tertiary/aromatic N) is 5. The number of methoxy groups -OCH3 is 1. The van der Waals surface area contributed by atoms with E-state index in [1.165, 1.54) is 5.56 Å². The van der Waals surface area contributed by atoms with Crippen molar-refractivity contribution < 1.29 is 4.74 Å². The molecule has 2 aliphatic rings. The summed E-state index contributed by atoms with van der Waals surface area (Å²) in [4.78, 5) is 19.7. The SMILES string of the molecule is COc1ccc(-c2nnc3n(c2=O)CC[C@@]32CCN(Cc3ccncc3)C2)cc1. The van der Waals surface area contributed by atoms with E-state index in [1.54, 1.807) is 7.11 Å². The lowest BCUT2D eigenvalue weighted by Crippen LogP contribution is -2.33. The van der Waals surface area contributed by atoms with Gasteiger partial charge in [0, 0.05) is 43.0 Å². The highest BCUT2D eigenvalue weighted by Gasteiger charge is 2.46. The zero-order chi connectivity index (χ0) is 19.8. The van der Waals surface area contributed by atoms with E-state index in [-0.39, 0.29) is 11.0 Å². The zero-order valence-electron chi connectivity index (χ0n) is 16.4. The second-order valence-electron chi connectivity index (χ2n) is 7.90. The minimum Gasteiger partial charge on any atom is -0.497 e. The van der Waals surface area contributed by atoms with Crippen molar-refractivity contribution in [1.82, 2.24) is 24.6 Å². The summed E-state index contributed by atoms with van der Waals surface area (Å²) in [7, 11) is 1.62. The Hall–Kier alpha value is -3.06. The fourth-order valence-electron chi connectivity index (χ4n) is 4.61. The summed E-state index contributed by atoms with van der Waals surface area (Å²) >= 11 is 0. The number of benzene rings is 1. The first-order valence-electron chi connectivity index (χ1n) is 9.92. The van der Waals surface area contributed by atoms with Crippen LogP contribution in [0.25, 0.3) is 11.3 Å². The lowest BCUT2D eigenvalue weighted by atomic mass is 9.85. The van der Waals surface area contributed by atoms with Gasteiger partial charge in [-0.3, -0.25) is 19.2 Å². The van der Waals surface area contributed by atoms with E-state index in [0.717, 1.165) is 49.6 Å². The van der Waals surface area contributed by atoms with Gasteiger partial charge in [-0.2, -0.15) is 0 Å². The Morgan fingerprint density at radius 1 is 1.03 bits per heavy atom. The first-order valence-corrected chi connectivity index (χ1v) is 9.92. The Balaban J connectivity index is 1.42. The minimum absolute atomic E-state index is 0.0513. The van der Waals surface area contributed by atoms with Crippen LogP contribution in [0.15, 0.2) is 53.6 Å². The topological polar surface area (TPSA) is 73.1 Å². The van der Waals surface area contributed by atoms with Crippen LogP contribution in [0.1, 0.15) is 24.2 Å². The van der Waals surface area contributed by atoms with E-state index in [0.29, 0.717) is 12.2 Å². The molecule has 1 atom stereocenters. The summed E-state index contributed by atoms with van der Waals surface area (Å²) in [6.45, 7) is 3.51. The molecule has 3 aromatic rings. The van der Waals surface area contributed by atoms with Gasteiger partial charge in [0.05, 0.1) is 7.11 Å². The molecular weight excluding hydrogens is 366 g/mol. The van der Waals surface area contributed by atoms with Crippen LogP contribution in [0.2, 0.25) is 0 Å². The predicted molar refractivity (Wildman–Crippen MR) is 109 cm³/mol. The normalized spacial score (nSPS) is 20.9. The molecule has 0 unspecified atom stereocenters. The molecule has 2 aromatic heterocycles. The monoisotopic (exact) mass is 389 g/mol. The van der Waals surface area contributed by atoms with Crippen molar-refractivity contribution in [3.05, 3.63) is 70.5 Å². The third kappa shape index (κ3) is 3.11. The molecule has 1 aromatic carbocycles. The van der Waals surface area contributed by atoms with Crippen molar-refractivity contribution in [3.63, 3.8) is 0 Å². The summed E-state index contributed by atoms with van der Waals surface area (Å²) in [5.74, 6) is 1.60. The highest BCUT2D eigenvalue weighted by Crippen LogP contribution is 2.41. The van der Waals surface area contributed by atoms with E-state index in [4.69, 9.17) is 4.74 Å². The van der Waals surface area contributed by atoms with Crippen LogP contribution in [0, 0.1) is 0 Å². The molecule has 1 fully saturated rings. The lowest BCUT2D eigenvalue weighted by molar-refractivity contribution is 0.299. The van der Waals surface area contributed by atoms with Gasteiger partial charge in [-0.1, -0.05) is 0 Å². The van der Waals surface area contributed by atoms with Gasteiger partial charge in [0.1, 0.15) is 11.6 Å². The maximum absolute atomic E-state index is 13.1. The molecule has 1 spiro atoms. The van der Waals surface area contributed by atoms with Crippen molar-refractivity contribution in [2.45, 2.75) is 31.3 Å². The van der Waals surface area contributed by atoms with Gasteiger partial charge in [0.25, 0.3) is 5.56 Å². The van der Waals surface area contributed by atoms with Crippen LogP contribution in [0.4, 0.5) is 0 Å². The molecule has 7 heteroatoms. The van der Waals surface area contributed by atoms with Crippen molar-refractivity contribution in [2.75, 3.05) is 20.2 Å². The van der Waals surface area contributed by atoms with Crippen LogP contribution in [-0.4, -0.2) is 44.8 Å². The predicted octanol–water partition coefficient (Wildman–Crippen LogP) is 2.26. The second-order valence-corrected chi connectivity index (χ2v) is 7.90. The molecule has 7 nitrogen and oxygen atoms in total. The minimum atomic E-state index is -0.0718. The number of fused-ring (bicyclic) bond motifs is 2. The van der Waals surface area contributed by atoms with E-state index in [9.17, 15) is 4.79 Å². The molecule has 5 rings (SSSR count). The third-order valence-corrected chi connectivity index (χ3v) is 6.19. The molecule has 0 N–H and O–H groups in total. The first-order chi connectivity index (χ1) is 14.2. The molecule has 0 amide bonds. The van der Waals surface area contributed by atoms with Crippen LogP contribution < -0.4 is 10.3 Å². The average Bonchev–Trinajstić information content (AvgIpc) is 3.34. The van der Waals surface area contributed by atoms with Gasteiger partial charge in [-0.05, 0) is 61.3 Å². The summed E-state index contributed by atoms with van der Waals surface area (Å²) in [6, 6.07) is 11.5. The van der Waals surface area contributed by atoms with E-state index in [1.807, 2.05) is 41.2 Å². The molecule has 4 heterocycles. The van der Waals surface area contributed by atoms with Gasteiger partial charge in [-0.15, -0.1) is 10.2 Å². The molecule has 0 bridgehead atoms. The largest absolute Gasteiger partial charge is 0.497 e. The quantitative estimate of drug-likeness (QED) is 0.682. The number of aromatic nitrogens is 4. The molecule has 0 radical (unpaired) electrons. The van der Waals surface area contributed by atoms with Crippen molar-refractivity contribution in [2.24, 2.45) is 0 Å². The standard InChI is InChI=1S/C22H23N5O2/c1-29-18-4-2-17(3-5-18)19-20(28)27-13-9-22(21(27)25-24-19)8-12-26(15-22)14-16-6-10-23-11-7-16/h2-7,10-11H,8-9,12-15H2,1H3/t22-/m1/s1. The average molecular weight is 389 g/mol. The molecule has 2 aliphatic heterocycles. The van der Waals surface area contributed by atoms with Crippen molar-refractivity contribution in [3.8, 4) is 17.0 Å². The number of rotatable bonds is 4. The van der Waals surface area contributed by atoms with Crippen LogP contribution >= 0.6 is 0 Å². The van der Waals surface area contributed by atoms with Gasteiger partial charge < -0.3 is 4.74 Å². The number of hydrogen-bond acceptors (Lipinski definition) is 6. The van der Waals surface area contributed by atoms with Gasteiger partial charge in [-0.25, -0.2) is 0 Å². The highest BCUT2D eigenvalue weighted by molar-refractivity contribution is 5.58. The molecule has 1 saturated heterocycles.